The van der Waals surface area contributed by atoms with Crippen molar-refractivity contribution in [2.24, 2.45) is 5.73 Å². The summed E-state index contributed by atoms with van der Waals surface area (Å²) >= 11 is 1.83. The van der Waals surface area contributed by atoms with E-state index in [1.54, 1.807) is 0 Å². The molecule has 3 N–H and O–H groups in total. The molecule has 2 atom stereocenters. The molecule has 2 saturated heterocycles. The van der Waals surface area contributed by atoms with Gasteiger partial charge in [-0.25, -0.2) is 0 Å². The summed E-state index contributed by atoms with van der Waals surface area (Å²) in [5, 5.41) is 10.4. The van der Waals surface area contributed by atoms with Crippen LogP contribution in [0.5, 0.6) is 0 Å². The first-order valence-electron chi connectivity index (χ1n) is 4.83. The smallest absolute Gasteiger partial charge is 0.107 e. The highest BCUT2D eigenvalue weighted by Gasteiger charge is 2.50. The molecule has 0 aromatic carbocycles. The highest BCUT2D eigenvalue weighted by molar-refractivity contribution is 7.99. The van der Waals surface area contributed by atoms with Crippen LogP contribution in [0.2, 0.25) is 0 Å². The number of aliphatic hydroxyl groups is 1. The van der Waals surface area contributed by atoms with E-state index in [9.17, 15) is 5.11 Å². The summed E-state index contributed by atoms with van der Waals surface area (Å²) in [5.41, 5.74) is 5.04. The summed E-state index contributed by atoms with van der Waals surface area (Å²) < 4.78 is 5.32. The third kappa shape index (κ3) is 1.61. The molecule has 2 rings (SSSR count). The molecule has 2 unspecified atom stereocenters. The van der Waals surface area contributed by atoms with Crippen LogP contribution >= 0.6 is 11.8 Å². The lowest BCUT2D eigenvalue weighted by molar-refractivity contribution is -0.123. The van der Waals surface area contributed by atoms with Crippen molar-refractivity contribution in [2.75, 3.05) is 24.7 Å². The predicted octanol–water partition coefficient (Wildman–Crippen LogP) is 0.362. The van der Waals surface area contributed by atoms with E-state index in [0.29, 0.717) is 6.61 Å². The molecule has 0 amide bonds. The lowest BCUT2D eigenvalue weighted by Gasteiger charge is -2.44. The monoisotopic (exact) mass is 203 g/mol. The second kappa shape index (κ2) is 3.42. The molecule has 3 nitrogen and oxygen atoms in total. The fourth-order valence-corrected chi connectivity index (χ4v) is 3.55. The summed E-state index contributed by atoms with van der Waals surface area (Å²) in [6, 6.07) is 0. The molecular formula is C9H17NO2S. The van der Waals surface area contributed by atoms with E-state index in [4.69, 9.17) is 10.5 Å². The van der Waals surface area contributed by atoms with E-state index in [2.05, 4.69) is 0 Å². The molecule has 4 heteroatoms. The minimum atomic E-state index is -0.769. The van der Waals surface area contributed by atoms with Crippen LogP contribution in [0.1, 0.15) is 19.3 Å². The van der Waals surface area contributed by atoms with Crippen molar-refractivity contribution in [3.8, 4) is 0 Å². The van der Waals surface area contributed by atoms with Gasteiger partial charge in [0.2, 0.25) is 0 Å². The Hall–Kier alpha value is 0.230. The summed E-state index contributed by atoms with van der Waals surface area (Å²) in [4.78, 5) is 0. The zero-order chi connectivity index (χ0) is 9.36. The van der Waals surface area contributed by atoms with Gasteiger partial charge >= 0.3 is 0 Å². The van der Waals surface area contributed by atoms with Gasteiger partial charge in [0.05, 0.1) is 12.1 Å². The van der Waals surface area contributed by atoms with Gasteiger partial charge in [0, 0.05) is 12.4 Å². The maximum Gasteiger partial charge on any atom is 0.107 e. The van der Waals surface area contributed by atoms with Crippen LogP contribution in [0.4, 0.5) is 0 Å². The maximum atomic E-state index is 10.4. The highest BCUT2D eigenvalue weighted by atomic mass is 32.2. The molecule has 2 aliphatic rings. The third-order valence-corrected chi connectivity index (χ3v) is 4.41. The Balaban J connectivity index is 2.11. The van der Waals surface area contributed by atoms with Crippen molar-refractivity contribution >= 4 is 11.8 Å². The summed E-state index contributed by atoms with van der Waals surface area (Å²) in [5.74, 6) is 1.94. The molecule has 0 aromatic heterocycles. The van der Waals surface area contributed by atoms with Gasteiger partial charge in [-0.15, -0.1) is 0 Å². The van der Waals surface area contributed by atoms with E-state index in [1.165, 1.54) is 0 Å². The van der Waals surface area contributed by atoms with Gasteiger partial charge in [-0.05, 0) is 25.0 Å². The second-order valence-electron chi connectivity index (χ2n) is 4.15. The fourth-order valence-electron chi connectivity index (χ4n) is 2.12. The van der Waals surface area contributed by atoms with Crippen molar-refractivity contribution in [3.63, 3.8) is 0 Å². The Morgan fingerprint density at radius 3 is 2.77 bits per heavy atom. The van der Waals surface area contributed by atoms with E-state index in [-0.39, 0.29) is 0 Å². The molecule has 0 bridgehead atoms. The SMILES string of the molecule is NC1(C2(O)CCCOC2)CCSC1. The third-order valence-electron chi connectivity index (χ3n) is 3.20. The maximum absolute atomic E-state index is 10.4. The van der Waals surface area contributed by atoms with Crippen LogP contribution < -0.4 is 5.73 Å². The first kappa shape index (κ1) is 9.77. The average Bonchev–Trinajstić information content (AvgIpc) is 2.55. The molecular weight excluding hydrogens is 186 g/mol. The molecule has 0 aromatic rings. The van der Waals surface area contributed by atoms with Gasteiger partial charge in [0.1, 0.15) is 5.60 Å². The lowest BCUT2D eigenvalue weighted by Crippen LogP contribution is -2.64. The standard InChI is InChI=1S/C9H17NO2S/c10-8(3-5-13-7-8)9(11)2-1-4-12-6-9/h11H,1-7,10H2. The number of rotatable bonds is 1. The number of hydrogen-bond acceptors (Lipinski definition) is 4. The molecule has 0 aliphatic carbocycles. The first-order valence-corrected chi connectivity index (χ1v) is 5.99. The van der Waals surface area contributed by atoms with Gasteiger partial charge < -0.3 is 15.6 Å². The average molecular weight is 203 g/mol. The van der Waals surface area contributed by atoms with Crippen LogP contribution in [-0.2, 0) is 4.74 Å². The zero-order valence-electron chi connectivity index (χ0n) is 7.79. The largest absolute Gasteiger partial charge is 0.386 e. The minimum Gasteiger partial charge on any atom is -0.386 e. The Bertz CT molecular complexity index is 186. The van der Waals surface area contributed by atoms with Crippen LogP contribution in [-0.4, -0.2) is 41.0 Å². The molecule has 2 fully saturated rings. The molecule has 2 aliphatic heterocycles. The van der Waals surface area contributed by atoms with Gasteiger partial charge in [0.25, 0.3) is 0 Å². The van der Waals surface area contributed by atoms with Crippen LogP contribution in [0.25, 0.3) is 0 Å². The summed E-state index contributed by atoms with van der Waals surface area (Å²) in [6.45, 7) is 1.19. The van der Waals surface area contributed by atoms with Crippen LogP contribution in [0.15, 0.2) is 0 Å². The number of ether oxygens (including phenoxy) is 1. The van der Waals surface area contributed by atoms with E-state index < -0.39 is 11.1 Å². The summed E-state index contributed by atoms with van der Waals surface area (Å²) in [6.07, 6.45) is 2.64. The summed E-state index contributed by atoms with van der Waals surface area (Å²) in [7, 11) is 0. The molecule has 0 radical (unpaired) electrons. The van der Waals surface area contributed by atoms with E-state index in [1.807, 2.05) is 11.8 Å². The van der Waals surface area contributed by atoms with Gasteiger partial charge in [-0.2, -0.15) is 11.8 Å². The number of thioether (sulfide) groups is 1. The quantitative estimate of drug-likeness (QED) is 0.646. The van der Waals surface area contributed by atoms with Crippen LogP contribution in [0, 0.1) is 0 Å². The van der Waals surface area contributed by atoms with Gasteiger partial charge in [0.15, 0.2) is 0 Å². The Labute approximate surface area is 83.0 Å². The number of nitrogens with two attached hydrogens (primary N) is 1. The van der Waals surface area contributed by atoms with Crippen molar-refractivity contribution in [2.45, 2.75) is 30.4 Å². The van der Waals surface area contributed by atoms with Crippen molar-refractivity contribution in [1.82, 2.24) is 0 Å². The second-order valence-corrected chi connectivity index (χ2v) is 5.25. The molecule has 2 heterocycles. The topological polar surface area (TPSA) is 55.5 Å². The van der Waals surface area contributed by atoms with Crippen molar-refractivity contribution in [1.29, 1.82) is 0 Å². The Morgan fingerprint density at radius 2 is 2.23 bits per heavy atom. The van der Waals surface area contributed by atoms with E-state index in [0.717, 1.165) is 37.4 Å². The van der Waals surface area contributed by atoms with Gasteiger partial charge in [-0.1, -0.05) is 0 Å². The Kier molecular flexibility index (Phi) is 2.57. The highest BCUT2D eigenvalue weighted by Crippen LogP contribution is 2.38. The Morgan fingerprint density at radius 1 is 1.38 bits per heavy atom. The molecule has 76 valence electrons. The number of hydrogen-bond donors (Lipinski definition) is 2. The van der Waals surface area contributed by atoms with Crippen LogP contribution in [0.3, 0.4) is 0 Å². The minimum absolute atomic E-state index is 0.405. The first-order chi connectivity index (χ1) is 6.16. The molecule has 13 heavy (non-hydrogen) atoms. The van der Waals surface area contributed by atoms with E-state index >= 15 is 0 Å². The van der Waals surface area contributed by atoms with Crippen molar-refractivity contribution < 1.29 is 9.84 Å². The fraction of sp³-hybridized carbons (Fsp3) is 1.00. The van der Waals surface area contributed by atoms with Gasteiger partial charge in [-0.3, -0.25) is 0 Å². The zero-order valence-corrected chi connectivity index (χ0v) is 8.61. The molecule has 0 spiro atoms. The normalized spacial score (nSPS) is 46.6. The lowest BCUT2D eigenvalue weighted by atomic mass is 9.76. The van der Waals surface area contributed by atoms with Crippen molar-refractivity contribution in [3.05, 3.63) is 0 Å². The predicted molar refractivity (Wildman–Crippen MR) is 53.9 cm³/mol. The molecule has 0 saturated carbocycles.